The summed E-state index contributed by atoms with van der Waals surface area (Å²) in [5.74, 6) is -0.389. The highest BCUT2D eigenvalue weighted by Gasteiger charge is 2.22. The Balaban J connectivity index is 1.60. The number of carbonyl (C=O) groups is 1. The molecule has 0 aliphatic carbocycles. The summed E-state index contributed by atoms with van der Waals surface area (Å²) >= 11 is 0. The van der Waals surface area contributed by atoms with E-state index in [4.69, 9.17) is 10.7 Å². The molecule has 0 fully saturated rings. The average molecular weight is 448 g/mol. The van der Waals surface area contributed by atoms with Gasteiger partial charge >= 0.3 is 0 Å². The van der Waals surface area contributed by atoms with Crippen molar-refractivity contribution < 1.29 is 4.79 Å². The number of nitrogen functional groups attached to an aromatic ring is 1. The second-order valence-electron chi connectivity index (χ2n) is 7.76. The number of nitrogens with one attached hydrogen (secondary N) is 1. The SMILES string of the molecule is C[C@@H](NC(=O)c1nc(-c2ccc3ncccc3c2)c(-c2ccccc2)nc1N)c1cnccn1. The van der Waals surface area contributed by atoms with Crippen LogP contribution in [0.2, 0.25) is 0 Å². The Kier molecular flexibility index (Phi) is 5.61. The van der Waals surface area contributed by atoms with Crippen molar-refractivity contribution in [3.63, 3.8) is 0 Å². The summed E-state index contributed by atoms with van der Waals surface area (Å²) in [4.78, 5) is 35.2. The molecule has 3 N–H and O–H groups in total. The van der Waals surface area contributed by atoms with Crippen LogP contribution in [0.5, 0.6) is 0 Å². The molecule has 0 radical (unpaired) electrons. The molecule has 3 heterocycles. The number of anilines is 1. The quantitative estimate of drug-likeness (QED) is 0.414. The normalized spacial score (nSPS) is 11.8. The number of carbonyl (C=O) groups excluding carboxylic acids is 1. The van der Waals surface area contributed by atoms with Gasteiger partial charge in [0, 0.05) is 35.1 Å². The van der Waals surface area contributed by atoms with Crippen molar-refractivity contribution in [3.8, 4) is 22.5 Å². The first-order chi connectivity index (χ1) is 16.6. The smallest absolute Gasteiger partial charge is 0.274 e. The van der Waals surface area contributed by atoms with E-state index in [0.717, 1.165) is 22.0 Å². The fourth-order valence-electron chi connectivity index (χ4n) is 3.71. The zero-order valence-electron chi connectivity index (χ0n) is 18.4. The third-order valence-corrected chi connectivity index (χ3v) is 5.44. The Labute approximate surface area is 196 Å². The molecule has 166 valence electrons. The minimum Gasteiger partial charge on any atom is -0.382 e. The molecule has 5 aromatic rings. The lowest BCUT2D eigenvalue weighted by Crippen LogP contribution is -2.29. The van der Waals surface area contributed by atoms with Crippen LogP contribution in [-0.4, -0.2) is 30.8 Å². The van der Waals surface area contributed by atoms with Crippen molar-refractivity contribution in [2.45, 2.75) is 13.0 Å². The molecule has 5 rings (SSSR count). The van der Waals surface area contributed by atoms with Crippen LogP contribution in [0.25, 0.3) is 33.4 Å². The molecule has 0 aliphatic heterocycles. The number of amides is 1. The molecule has 0 bridgehead atoms. The number of rotatable bonds is 5. The van der Waals surface area contributed by atoms with E-state index in [1.807, 2.05) is 67.6 Å². The van der Waals surface area contributed by atoms with E-state index in [0.29, 0.717) is 17.1 Å². The molecule has 8 nitrogen and oxygen atoms in total. The molecular formula is C26H21N7O. The van der Waals surface area contributed by atoms with Gasteiger partial charge in [-0.3, -0.25) is 19.7 Å². The Morgan fingerprint density at radius 3 is 2.50 bits per heavy atom. The molecule has 1 amide bonds. The molecule has 8 heteroatoms. The first-order valence-corrected chi connectivity index (χ1v) is 10.7. The van der Waals surface area contributed by atoms with Gasteiger partial charge in [-0.05, 0) is 25.1 Å². The molecule has 2 aromatic carbocycles. The number of nitrogens with zero attached hydrogens (tertiary/aromatic N) is 5. The Morgan fingerprint density at radius 2 is 1.71 bits per heavy atom. The van der Waals surface area contributed by atoms with E-state index in [-0.39, 0.29) is 17.6 Å². The van der Waals surface area contributed by atoms with Gasteiger partial charge in [-0.2, -0.15) is 0 Å². The lowest BCUT2D eigenvalue weighted by atomic mass is 10.0. The van der Waals surface area contributed by atoms with E-state index in [1.165, 1.54) is 0 Å². The molecule has 0 spiro atoms. The molecule has 34 heavy (non-hydrogen) atoms. The van der Waals surface area contributed by atoms with Gasteiger partial charge in [-0.1, -0.05) is 42.5 Å². The summed E-state index contributed by atoms with van der Waals surface area (Å²) in [6, 6.07) is 19.0. The fraction of sp³-hybridized carbons (Fsp3) is 0.0769. The summed E-state index contributed by atoms with van der Waals surface area (Å²) in [5.41, 5.74) is 10.6. The Hall–Kier alpha value is -4.72. The van der Waals surface area contributed by atoms with Gasteiger partial charge in [0.25, 0.3) is 5.91 Å². The highest BCUT2D eigenvalue weighted by Crippen LogP contribution is 2.32. The maximum absolute atomic E-state index is 13.1. The third kappa shape index (κ3) is 4.16. The minimum absolute atomic E-state index is 0.0499. The van der Waals surface area contributed by atoms with Gasteiger partial charge in [0.15, 0.2) is 11.5 Å². The van der Waals surface area contributed by atoms with Gasteiger partial charge in [-0.25, -0.2) is 9.97 Å². The first-order valence-electron chi connectivity index (χ1n) is 10.7. The van der Waals surface area contributed by atoms with E-state index in [1.54, 1.807) is 24.8 Å². The largest absolute Gasteiger partial charge is 0.382 e. The molecule has 0 saturated carbocycles. The summed E-state index contributed by atoms with van der Waals surface area (Å²) < 4.78 is 0. The monoisotopic (exact) mass is 447 g/mol. The Bertz CT molecular complexity index is 1470. The van der Waals surface area contributed by atoms with Crippen molar-refractivity contribution in [2.24, 2.45) is 0 Å². The van der Waals surface area contributed by atoms with Crippen molar-refractivity contribution in [1.29, 1.82) is 0 Å². The number of hydrogen-bond donors (Lipinski definition) is 2. The van der Waals surface area contributed by atoms with Crippen molar-refractivity contribution in [3.05, 3.63) is 96.8 Å². The van der Waals surface area contributed by atoms with Crippen LogP contribution < -0.4 is 11.1 Å². The molecule has 0 unspecified atom stereocenters. The van der Waals surface area contributed by atoms with E-state index in [9.17, 15) is 4.79 Å². The molecule has 0 aliphatic rings. The Morgan fingerprint density at radius 1 is 0.882 bits per heavy atom. The average Bonchev–Trinajstić information content (AvgIpc) is 2.89. The van der Waals surface area contributed by atoms with Crippen molar-refractivity contribution in [2.75, 3.05) is 5.73 Å². The number of hydrogen-bond acceptors (Lipinski definition) is 7. The number of benzene rings is 2. The van der Waals surface area contributed by atoms with E-state index in [2.05, 4.69) is 25.3 Å². The predicted octanol–water partition coefficient (Wildman–Crippen LogP) is 4.22. The fourth-order valence-corrected chi connectivity index (χ4v) is 3.71. The van der Waals surface area contributed by atoms with Crippen LogP contribution in [0.3, 0.4) is 0 Å². The van der Waals surface area contributed by atoms with Crippen LogP contribution in [0.1, 0.15) is 29.1 Å². The van der Waals surface area contributed by atoms with Crippen LogP contribution in [0.15, 0.2) is 85.5 Å². The van der Waals surface area contributed by atoms with Gasteiger partial charge < -0.3 is 11.1 Å². The second-order valence-corrected chi connectivity index (χ2v) is 7.76. The molecule has 0 saturated heterocycles. The number of fused-ring (bicyclic) bond motifs is 1. The molecular weight excluding hydrogens is 426 g/mol. The lowest BCUT2D eigenvalue weighted by molar-refractivity contribution is 0.0935. The number of pyridine rings is 1. The van der Waals surface area contributed by atoms with E-state index >= 15 is 0 Å². The maximum atomic E-state index is 13.1. The van der Waals surface area contributed by atoms with Crippen LogP contribution in [-0.2, 0) is 0 Å². The van der Waals surface area contributed by atoms with Crippen LogP contribution >= 0.6 is 0 Å². The minimum atomic E-state index is -0.438. The van der Waals surface area contributed by atoms with E-state index < -0.39 is 5.91 Å². The topological polar surface area (TPSA) is 120 Å². The summed E-state index contributed by atoms with van der Waals surface area (Å²) in [6.07, 6.45) is 6.51. The maximum Gasteiger partial charge on any atom is 0.274 e. The standard InChI is InChI=1S/C26H21N7O/c1-16(21-15-28-12-13-30-21)31-26(34)24-25(27)33-22(17-6-3-2-4-7-17)23(32-24)19-9-10-20-18(14-19)8-5-11-29-20/h2-16H,1H3,(H2,27,33)(H,31,34)/t16-/m1/s1. The van der Waals surface area contributed by atoms with Gasteiger partial charge in [0.2, 0.25) is 0 Å². The second kappa shape index (κ2) is 9.03. The number of nitrogens with two attached hydrogens (primary N) is 1. The van der Waals surface area contributed by atoms with Crippen molar-refractivity contribution in [1.82, 2.24) is 30.2 Å². The summed E-state index contributed by atoms with van der Waals surface area (Å²) in [6.45, 7) is 1.82. The van der Waals surface area contributed by atoms with Gasteiger partial charge in [0.1, 0.15) is 0 Å². The first kappa shape index (κ1) is 21.1. The van der Waals surface area contributed by atoms with Crippen molar-refractivity contribution >= 4 is 22.6 Å². The van der Waals surface area contributed by atoms with Gasteiger partial charge in [-0.15, -0.1) is 0 Å². The molecule has 3 aromatic heterocycles. The zero-order chi connectivity index (χ0) is 23.5. The summed E-state index contributed by atoms with van der Waals surface area (Å²) in [7, 11) is 0. The third-order valence-electron chi connectivity index (χ3n) is 5.44. The van der Waals surface area contributed by atoms with Crippen LogP contribution in [0, 0.1) is 0 Å². The predicted molar refractivity (Wildman–Crippen MR) is 131 cm³/mol. The van der Waals surface area contributed by atoms with Crippen LogP contribution in [0.4, 0.5) is 5.82 Å². The lowest BCUT2D eigenvalue weighted by Gasteiger charge is -2.16. The highest BCUT2D eigenvalue weighted by molar-refractivity contribution is 5.98. The summed E-state index contributed by atoms with van der Waals surface area (Å²) in [5, 5.41) is 3.85. The van der Waals surface area contributed by atoms with Gasteiger partial charge in [0.05, 0.1) is 34.8 Å². The number of aromatic nitrogens is 5. The molecule has 1 atom stereocenters. The zero-order valence-corrected chi connectivity index (χ0v) is 18.4. The highest BCUT2D eigenvalue weighted by atomic mass is 16.2.